The number of hydrogen-bond acceptors (Lipinski definition) is 7. The third-order valence-electron chi connectivity index (χ3n) is 7.91. The molecule has 0 fully saturated rings. The van der Waals surface area contributed by atoms with Crippen molar-refractivity contribution in [2.75, 3.05) is 13.6 Å². The average molecular weight is 661 g/mol. The number of imidazole rings is 1. The zero-order valence-electron chi connectivity index (χ0n) is 27.3. The van der Waals surface area contributed by atoms with Crippen LogP contribution in [0.1, 0.15) is 28.1 Å². The molecule has 252 valence electrons. The first-order chi connectivity index (χ1) is 23.9. The smallest absolute Gasteiger partial charge is 0.408 e. The molecule has 11 heteroatoms. The van der Waals surface area contributed by atoms with Crippen molar-refractivity contribution in [3.63, 3.8) is 0 Å². The molecular weight excluding hydrogens is 620 g/mol. The van der Waals surface area contributed by atoms with Crippen LogP contribution >= 0.6 is 0 Å². The highest BCUT2D eigenvalue weighted by Gasteiger charge is 2.33. The minimum absolute atomic E-state index is 0.0415. The number of ether oxygens (including phenoxy) is 2. The number of benzene rings is 3. The maximum Gasteiger partial charge on any atom is 0.408 e. The van der Waals surface area contributed by atoms with Crippen LogP contribution in [0.15, 0.2) is 122 Å². The summed E-state index contributed by atoms with van der Waals surface area (Å²) in [4.78, 5) is 53.5. The van der Waals surface area contributed by atoms with E-state index in [9.17, 15) is 14.4 Å². The van der Waals surface area contributed by atoms with Gasteiger partial charge in [-0.2, -0.15) is 0 Å². The maximum absolute atomic E-state index is 14.1. The molecule has 0 aliphatic carbocycles. The number of alkyl carbamates (subject to hydrolysis) is 1. The molecule has 0 bridgehead atoms. The number of aromatic nitrogens is 3. The van der Waals surface area contributed by atoms with Gasteiger partial charge in [-0.1, -0.05) is 78.9 Å². The summed E-state index contributed by atoms with van der Waals surface area (Å²) < 4.78 is 11.4. The van der Waals surface area contributed by atoms with Crippen LogP contribution in [0, 0.1) is 0 Å². The van der Waals surface area contributed by atoms with E-state index in [1.54, 1.807) is 19.4 Å². The van der Waals surface area contributed by atoms with E-state index < -0.39 is 24.1 Å². The van der Waals surface area contributed by atoms with E-state index in [1.807, 2.05) is 103 Å². The van der Waals surface area contributed by atoms with Gasteiger partial charge in [-0.25, -0.2) is 9.78 Å². The number of nitrogens with one attached hydrogen (secondary N) is 3. The third kappa shape index (κ3) is 10.8. The number of pyridine rings is 1. The average Bonchev–Trinajstić information content (AvgIpc) is 3.66. The van der Waals surface area contributed by atoms with E-state index in [-0.39, 0.29) is 25.4 Å². The molecule has 2 atom stereocenters. The summed E-state index contributed by atoms with van der Waals surface area (Å²) in [5, 5.41) is 5.68. The van der Waals surface area contributed by atoms with Gasteiger partial charge < -0.3 is 30.0 Å². The normalized spacial score (nSPS) is 11.9. The summed E-state index contributed by atoms with van der Waals surface area (Å²) in [6.45, 7) is 0.805. The van der Waals surface area contributed by atoms with Crippen LogP contribution in [0.25, 0.3) is 0 Å². The third-order valence-corrected chi connectivity index (χ3v) is 7.91. The first kappa shape index (κ1) is 34.4. The number of rotatable bonds is 16. The molecule has 11 nitrogen and oxygen atoms in total. The molecule has 0 saturated heterocycles. The zero-order valence-corrected chi connectivity index (χ0v) is 27.3. The molecule has 3 N–H and O–H groups in total. The lowest BCUT2D eigenvalue weighted by molar-refractivity contribution is -0.140. The van der Waals surface area contributed by atoms with Crippen LogP contribution in [0.5, 0.6) is 5.75 Å². The number of amides is 3. The highest BCUT2D eigenvalue weighted by molar-refractivity contribution is 5.91. The summed E-state index contributed by atoms with van der Waals surface area (Å²) in [5.74, 6) is -0.103. The highest BCUT2D eigenvalue weighted by atomic mass is 16.5. The Hall–Kier alpha value is -5.97. The number of H-pyrrole nitrogens is 1. The lowest BCUT2D eigenvalue weighted by atomic mass is 10.0. The van der Waals surface area contributed by atoms with Crippen molar-refractivity contribution in [2.24, 2.45) is 0 Å². The number of hydrogen-bond donors (Lipinski definition) is 3. The summed E-state index contributed by atoms with van der Waals surface area (Å²) in [6, 6.07) is 30.3. The highest BCUT2D eigenvalue weighted by Crippen LogP contribution is 2.18. The van der Waals surface area contributed by atoms with Crippen LogP contribution in [-0.4, -0.2) is 63.4 Å². The molecule has 0 aliphatic heterocycles. The fraction of sp³-hybridized carbons (Fsp3) is 0.237. The molecule has 2 aromatic heterocycles. The van der Waals surface area contributed by atoms with E-state index in [1.165, 1.54) is 11.2 Å². The molecule has 2 heterocycles. The predicted octanol–water partition coefficient (Wildman–Crippen LogP) is 4.65. The van der Waals surface area contributed by atoms with Gasteiger partial charge in [0.15, 0.2) is 0 Å². The molecule has 5 rings (SSSR count). The van der Waals surface area contributed by atoms with Gasteiger partial charge in [0, 0.05) is 56.6 Å². The predicted molar refractivity (Wildman–Crippen MR) is 184 cm³/mol. The lowest BCUT2D eigenvalue weighted by Crippen LogP contribution is -2.56. The number of carbonyl (C=O) groups is 3. The Balaban J connectivity index is 1.29. The second kappa shape index (κ2) is 17.8. The minimum Gasteiger partial charge on any atom is -0.489 e. The standard InChI is InChI=1S/C38H40N6O5/c1-44(37(46)34(23-32-24-39-27-42-32)43-38(47)49-26-30-12-6-3-7-13-30)35(36(45)41-21-19-31-14-8-9-20-40-31)22-28-15-17-33(18-16-28)48-25-29-10-4-2-5-11-29/h2-18,20,24,27,34-35H,19,21-23,25-26H2,1H3,(H,39,42)(H,41,45)(H,43,47)/t34-,35-/m0/s1. The molecule has 0 unspecified atom stereocenters. The Morgan fingerprint density at radius 1 is 0.816 bits per heavy atom. The van der Waals surface area contributed by atoms with Crippen LogP contribution in [-0.2, 0) is 46.8 Å². The van der Waals surface area contributed by atoms with E-state index in [0.29, 0.717) is 31.0 Å². The molecule has 0 spiro atoms. The second-order valence-electron chi connectivity index (χ2n) is 11.5. The Kier molecular flexibility index (Phi) is 12.5. The van der Waals surface area contributed by atoms with Gasteiger partial charge in [0.25, 0.3) is 0 Å². The zero-order chi connectivity index (χ0) is 34.3. The largest absolute Gasteiger partial charge is 0.489 e. The van der Waals surface area contributed by atoms with Crippen molar-refractivity contribution >= 4 is 17.9 Å². The molecule has 49 heavy (non-hydrogen) atoms. The van der Waals surface area contributed by atoms with Gasteiger partial charge >= 0.3 is 6.09 Å². The first-order valence-corrected chi connectivity index (χ1v) is 16.1. The van der Waals surface area contributed by atoms with Crippen LogP contribution in [0.2, 0.25) is 0 Å². The van der Waals surface area contributed by atoms with Gasteiger partial charge in [0.05, 0.1) is 6.33 Å². The number of nitrogens with zero attached hydrogens (tertiary/aromatic N) is 3. The topological polar surface area (TPSA) is 139 Å². The molecule has 0 radical (unpaired) electrons. The van der Waals surface area contributed by atoms with Gasteiger partial charge in [0.1, 0.15) is 31.0 Å². The molecule has 5 aromatic rings. The lowest BCUT2D eigenvalue weighted by Gasteiger charge is -2.31. The molecule has 0 saturated carbocycles. The van der Waals surface area contributed by atoms with Crippen molar-refractivity contribution in [3.05, 3.63) is 150 Å². The van der Waals surface area contributed by atoms with E-state index in [0.717, 1.165) is 22.4 Å². The van der Waals surface area contributed by atoms with Crippen molar-refractivity contribution < 1.29 is 23.9 Å². The van der Waals surface area contributed by atoms with Crippen molar-refractivity contribution in [3.8, 4) is 5.75 Å². The van der Waals surface area contributed by atoms with Gasteiger partial charge in [-0.15, -0.1) is 0 Å². The second-order valence-corrected chi connectivity index (χ2v) is 11.5. The molecular formula is C38H40N6O5. The fourth-order valence-corrected chi connectivity index (χ4v) is 5.19. The maximum atomic E-state index is 14.1. The van der Waals surface area contributed by atoms with Gasteiger partial charge in [-0.3, -0.25) is 14.6 Å². The van der Waals surface area contributed by atoms with E-state index >= 15 is 0 Å². The number of likely N-dealkylation sites (N-methyl/N-ethyl adjacent to an activating group) is 1. The Bertz CT molecular complexity index is 1740. The van der Waals surface area contributed by atoms with Crippen LogP contribution < -0.4 is 15.4 Å². The minimum atomic E-state index is -1.04. The van der Waals surface area contributed by atoms with E-state index in [4.69, 9.17) is 9.47 Å². The summed E-state index contributed by atoms with van der Waals surface area (Å²) in [5.41, 5.74) is 4.17. The summed E-state index contributed by atoms with van der Waals surface area (Å²) >= 11 is 0. The monoisotopic (exact) mass is 660 g/mol. The Morgan fingerprint density at radius 2 is 1.51 bits per heavy atom. The Morgan fingerprint density at radius 3 is 2.16 bits per heavy atom. The molecule has 3 aromatic carbocycles. The van der Waals surface area contributed by atoms with Crippen molar-refractivity contribution in [1.82, 2.24) is 30.5 Å². The fourth-order valence-electron chi connectivity index (χ4n) is 5.19. The SMILES string of the molecule is CN(C(=O)[C@H](Cc1cnc[nH]1)NC(=O)OCc1ccccc1)[C@@H](Cc1ccc(OCc2ccccc2)cc1)C(=O)NCCc1ccccn1. The van der Waals surface area contributed by atoms with Gasteiger partial charge in [0.2, 0.25) is 11.8 Å². The van der Waals surface area contributed by atoms with Crippen LogP contribution in [0.4, 0.5) is 4.79 Å². The Labute approximate surface area is 285 Å². The number of aromatic amines is 1. The quantitative estimate of drug-likeness (QED) is 0.140. The molecule has 0 aliphatic rings. The van der Waals surface area contributed by atoms with Crippen LogP contribution in [0.3, 0.4) is 0 Å². The molecule has 3 amide bonds. The van der Waals surface area contributed by atoms with Gasteiger partial charge in [-0.05, 0) is 41.0 Å². The van der Waals surface area contributed by atoms with Crippen molar-refractivity contribution in [1.29, 1.82) is 0 Å². The summed E-state index contributed by atoms with van der Waals surface area (Å²) in [7, 11) is 1.57. The van der Waals surface area contributed by atoms with E-state index in [2.05, 4.69) is 25.6 Å². The van der Waals surface area contributed by atoms with Crippen molar-refractivity contribution in [2.45, 2.75) is 44.6 Å². The first-order valence-electron chi connectivity index (χ1n) is 16.1. The number of carbonyl (C=O) groups excluding carboxylic acids is 3. The summed E-state index contributed by atoms with van der Waals surface area (Å²) in [6.07, 6.45) is 4.91.